The van der Waals surface area contributed by atoms with Gasteiger partial charge in [0.25, 0.3) is 0 Å². The first-order chi connectivity index (χ1) is 9.39. The summed E-state index contributed by atoms with van der Waals surface area (Å²) in [6, 6.07) is 0. The molecular weight excluding hydrogens is 268 g/mol. The van der Waals surface area contributed by atoms with Crippen LogP contribution in [-0.2, 0) is 6.54 Å². The van der Waals surface area contributed by atoms with Crippen LogP contribution in [0.25, 0.3) is 0 Å². The highest BCUT2D eigenvalue weighted by molar-refractivity contribution is 7.15. The lowest BCUT2D eigenvalue weighted by atomic mass is 10.0. The lowest BCUT2D eigenvalue weighted by Crippen LogP contribution is -2.57. The Bertz CT molecular complexity index is 455. The SMILES string of the molecule is CCC(C)c1nc(N2CCN(C)C(C)(C)C2)sc1CN. The number of hydrogen-bond acceptors (Lipinski definition) is 5. The third-order valence-corrected chi connectivity index (χ3v) is 5.72. The van der Waals surface area contributed by atoms with Crippen LogP contribution in [0.1, 0.15) is 50.6 Å². The first-order valence-corrected chi connectivity index (χ1v) is 8.36. The average molecular weight is 296 g/mol. The third kappa shape index (κ3) is 3.00. The fourth-order valence-electron chi connectivity index (χ4n) is 2.61. The summed E-state index contributed by atoms with van der Waals surface area (Å²) < 4.78 is 0. The number of rotatable bonds is 4. The van der Waals surface area contributed by atoms with E-state index in [4.69, 9.17) is 10.7 Å². The monoisotopic (exact) mass is 296 g/mol. The fraction of sp³-hybridized carbons (Fsp3) is 0.800. The molecule has 1 fully saturated rings. The summed E-state index contributed by atoms with van der Waals surface area (Å²) in [5.74, 6) is 0.499. The molecule has 5 heteroatoms. The number of likely N-dealkylation sites (N-methyl/N-ethyl adjacent to an activating group) is 1. The number of piperazine rings is 1. The molecule has 1 aliphatic rings. The van der Waals surface area contributed by atoms with Crippen molar-refractivity contribution in [2.45, 2.75) is 52.1 Å². The third-order valence-electron chi connectivity index (χ3n) is 4.57. The summed E-state index contributed by atoms with van der Waals surface area (Å²) in [5, 5.41) is 1.15. The Hall–Kier alpha value is -0.650. The Morgan fingerprint density at radius 3 is 2.65 bits per heavy atom. The van der Waals surface area contributed by atoms with Gasteiger partial charge in [-0.3, -0.25) is 4.90 Å². The molecule has 0 bridgehead atoms. The molecule has 2 heterocycles. The maximum atomic E-state index is 5.91. The molecule has 0 spiro atoms. The molecule has 0 saturated carbocycles. The molecule has 0 aromatic carbocycles. The zero-order chi connectivity index (χ0) is 14.9. The van der Waals surface area contributed by atoms with Crippen LogP contribution in [-0.4, -0.2) is 42.1 Å². The van der Waals surface area contributed by atoms with Crippen LogP contribution in [0, 0.1) is 0 Å². The van der Waals surface area contributed by atoms with Crippen molar-refractivity contribution in [1.29, 1.82) is 0 Å². The highest BCUT2D eigenvalue weighted by atomic mass is 32.1. The first kappa shape index (κ1) is 15.7. The van der Waals surface area contributed by atoms with Gasteiger partial charge in [-0.1, -0.05) is 13.8 Å². The van der Waals surface area contributed by atoms with Crippen LogP contribution in [0.3, 0.4) is 0 Å². The Morgan fingerprint density at radius 1 is 1.40 bits per heavy atom. The predicted octanol–water partition coefficient (Wildman–Crippen LogP) is 2.65. The van der Waals surface area contributed by atoms with Crippen LogP contribution in [0.15, 0.2) is 0 Å². The van der Waals surface area contributed by atoms with Gasteiger partial charge in [-0.15, -0.1) is 11.3 Å². The second kappa shape index (κ2) is 6.00. The van der Waals surface area contributed by atoms with Crippen molar-refractivity contribution in [3.05, 3.63) is 10.6 Å². The van der Waals surface area contributed by atoms with Gasteiger partial charge in [0.2, 0.25) is 0 Å². The van der Waals surface area contributed by atoms with E-state index in [2.05, 4.69) is 44.5 Å². The summed E-state index contributed by atoms with van der Waals surface area (Å²) >= 11 is 1.78. The maximum Gasteiger partial charge on any atom is 0.185 e. The van der Waals surface area contributed by atoms with Gasteiger partial charge in [-0.05, 0) is 33.2 Å². The average Bonchev–Trinajstić information content (AvgIpc) is 2.85. The van der Waals surface area contributed by atoms with Crippen molar-refractivity contribution in [2.75, 3.05) is 31.6 Å². The van der Waals surface area contributed by atoms with Crippen LogP contribution in [0.2, 0.25) is 0 Å². The number of nitrogens with two attached hydrogens (primary N) is 1. The zero-order valence-corrected chi connectivity index (χ0v) is 14.3. The minimum atomic E-state index is 0.198. The van der Waals surface area contributed by atoms with Crippen molar-refractivity contribution in [2.24, 2.45) is 5.73 Å². The van der Waals surface area contributed by atoms with E-state index in [9.17, 15) is 0 Å². The second-order valence-corrected chi connectivity index (χ2v) is 7.54. The quantitative estimate of drug-likeness (QED) is 0.928. The standard InChI is InChI=1S/C15H28N4S/c1-6-11(2)13-12(9-16)20-14(17-13)19-8-7-18(5)15(3,4)10-19/h11H,6-10,16H2,1-5H3. The van der Waals surface area contributed by atoms with Gasteiger partial charge in [0.05, 0.1) is 5.69 Å². The van der Waals surface area contributed by atoms with Crippen molar-refractivity contribution >= 4 is 16.5 Å². The van der Waals surface area contributed by atoms with Gasteiger partial charge in [-0.2, -0.15) is 0 Å². The molecule has 1 atom stereocenters. The summed E-state index contributed by atoms with van der Waals surface area (Å²) in [7, 11) is 2.20. The number of nitrogens with zero attached hydrogens (tertiary/aromatic N) is 3. The molecule has 1 aromatic rings. The summed E-state index contributed by atoms with van der Waals surface area (Å²) in [6.07, 6.45) is 1.12. The molecular formula is C15H28N4S. The summed E-state index contributed by atoms with van der Waals surface area (Å²) in [5.41, 5.74) is 7.32. The van der Waals surface area contributed by atoms with Crippen molar-refractivity contribution in [3.63, 3.8) is 0 Å². The smallest absolute Gasteiger partial charge is 0.185 e. The Labute approximate surface area is 127 Å². The number of aromatic nitrogens is 1. The lowest BCUT2D eigenvalue weighted by molar-refractivity contribution is 0.139. The molecule has 0 aliphatic carbocycles. The van der Waals surface area contributed by atoms with Crippen molar-refractivity contribution < 1.29 is 0 Å². The van der Waals surface area contributed by atoms with Gasteiger partial charge in [0, 0.05) is 36.6 Å². The van der Waals surface area contributed by atoms with E-state index >= 15 is 0 Å². The molecule has 114 valence electrons. The van der Waals surface area contributed by atoms with Crippen LogP contribution in [0.5, 0.6) is 0 Å². The summed E-state index contributed by atoms with van der Waals surface area (Å²) in [6.45, 7) is 12.8. The molecule has 2 rings (SSSR count). The zero-order valence-electron chi connectivity index (χ0n) is 13.4. The molecule has 20 heavy (non-hydrogen) atoms. The van der Waals surface area contributed by atoms with Gasteiger partial charge < -0.3 is 10.6 Å². The van der Waals surface area contributed by atoms with E-state index in [0.29, 0.717) is 12.5 Å². The van der Waals surface area contributed by atoms with E-state index in [1.54, 1.807) is 11.3 Å². The fourth-order valence-corrected chi connectivity index (χ4v) is 3.70. The largest absolute Gasteiger partial charge is 0.345 e. The highest BCUT2D eigenvalue weighted by Crippen LogP contribution is 2.34. The Morgan fingerprint density at radius 2 is 2.10 bits per heavy atom. The van der Waals surface area contributed by atoms with E-state index in [1.807, 2.05) is 0 Å². The predicted molar refractivity (Wildman–Crippen MR) is 87.6 cm³/mol. The highest BCUT2D eigenvalue weighted by Gasteiger charge is 2.32. The molecule has 1 unspecified atom stereocenters. The van der Waals surface area contributed by atoms with Crippen LogP contribution >= 0.6 is 11.3 Å². The molecule has 1 aliphatic heterocycles. The van der Waals surface area contributed by atoms with E-state index in [0.717, 1.165) is 31.2 Å². The number of anilines is 1. The molecule has 2 N–H and O–H groups in total. The van der Waals surface area contributed by atoms with Crippen LogP contribution in [0.4, 0.5) is 5.13 Å². The Kier molecular flexibility index (Phi) is 4.72. The maximum absolute atomic E-state index is 5.91. The topological polar surface area (TPSA) is 45.4 Å². The number of hydrogen-bond donors (Lipinski definition) is 1. The summed E-state index contributed by atoms with van der Waals surface area (Å²) in [4.78, 5) is 11.0. The van der Waals surface area contributed by atoms with Gasteiger partial charge >= 0.3 is 0 Å². The van der Waals surface area contributed by atoms with E-state index < -0.39 is 0 Å². The van der Waals surface area contributed by atoms with E-state index in [-0.39, 0.29) is 5.54 Å². The van der Waals surface area contributed by atoms with Gasteiger partial charge in [0.1, 0.15) is 0 Å². The van der Waals surface area contributed by atoms with E-state index in [1.165, 1.54) is 10.6 Å². The van der Waals surface area contributed by atoms with Crippen molar-refractivity contribution in [3.8, 4) is 0 Å². The molecule has 1 saturated heterocycles. The van der Waals surface area contributed by atoms with Crippen molar-refractivity contribution in [1.82, 2.24) is 9.88 Å². The molecule has 1 aromatic heterocycles. The number of thiazole rings is 1. The van der Waals surface area contributed by atoms with Gasteiger partial charge in [-0.25, -0.2) is 4.98 Å². The molecule has 0 amide bonds. The second-order valence-electron chi connectivity index (χ2n) is 6.47. The molecule has 0 radical (unpaired) electrons. The minimum absolute atomic E-state index is 0.198. The minimum Gasteiger partial charge on any atom is -0.345 e. The lowest BCUT2D eigenvalue weighted by Gasteiger charge is -2.45. The first-order valence-electron chi connectivity index (χ1n) is 7.55. The molecule has 4 nitrogen and oxygen atoms in total. The van der Waals surface area contributed by atoms with Gasteiger partial charge in [0.15, 0.2) is 5.13 Å². The Balaban J connectivity index is 2.23. The van der Waals surface area contributed by atoms with Crippen LogP contribution < -0.4 is 10.6 Å². The normalized spacial score (nSPS) is 21.2.